The molecular weight excluding hydrogens is 304 g/mol. The van der Waals surface area contributed by atoms with Crippen LogP contribution in [0.15, 0.2) is 23.8 Å². The third-order valence-corrected chi connectivity index (χ3v) is 7.39. The number of hydrogen-bond donors (Lipinski definition) is 2. The van der Waals surface area contributed by atoms with E-state index >= 15 is 0 Å². The lowest BCUT2D eigenvalue weighted by molar-refractivity contribution is -0.224. The summed E-state index contributed by atoms with van der Waals surface area (Å²) in [5.74, 6) is -1.66. The van der Waals surface area contributed by atoms with Gasteiger partial charge in [0.25, 0.3) is 0 Å². The molecule has 1 fully saturated rings. The molecule has 0 radical (unpaired) electrons. The predicted octanol–water partition coefficient (Wildman–Crippen LogP) is 2.44. The fourth-order valence-electron chi connectivity index (χ4n) is 5.77. The summed E-state index contributed by atoms with van der Waals surface area (Å²) in [5.41, 5.74) is -4.51. The minimum atomic E-state index is -1.61. The standard InChI is InChI=1S/C20H28O4/c1-11(2)19(23)15(21)8-7-14-13-9-10-17(5,18(14,19)6)20(24,12(3)4)16(13)22/h7,9-13,23-24H,8H2,1-6H3/t13-,17+,18+,19+,20+/m1/s1. The van der Waals surface area contributed by atoms with E-state index in [9.17, 15) is 19.8 Å². The Hall–Kier alpha value is -1.26. The lowest BCUT2D eigenvalue weighted by Gasteiger charge is -2.68. The van der Waals surface area contributed by atoms with Crippen LogP contribution in [0, 0.1) is 28.6 Å². The Labute approximate surface area is 143 Å². The highest BCUT2D eigenvalue weighted by Crippen LogP contribution is 2.70. The molecule has 4 aliphatic rings. The molecule has 132 valence electrons. The van der Waals surface area contributed by atoms with Crippen molar-refractivity contribution in [2.45, 2.75) is 59.2 Å². The van der Waals surface area contributed by atoms with Crippen molar-refractivity contribution in [3.8, 4) is 0 Å². The molecule has 0 aromatic rings. The van der Waals surface area contributed by atoms with Crippen LogP contribution < -0.4 is 0 Å². The van der Waals surface area contributed by atoms with Crippen molar-refractivity contribution in [1.29, 1.82) is 0 Å². The van der Waals surface area contributed by atoms with Crippen molar-refractivity contribution in [2.24, 2.45) is 28.6 Å². The third-order valence-electron chi connectivity index (χ3n) is 7.39. The van der Waals surface area contributed by atoms with E-state index in [0.717, 1.165) is 5.57 Å². The number of rotatable bonds is 2. The van der Waals surface area contributed by atoms with E-state index in [1.54, 1.807) is 0 Å². The average molecular weight is 332 g/mol. The molecule has 2 bridgehead atoms. The zero-order valence-corrected chi connectivity index (χ0v) is 15.4. The molecule has 24 heavy (non-hydrogen) atoms. The highest BCUT2D eigenvalue weighted by atomic mass is 16.3. The molecule has 0 aromatic heterocycles. The first-order valence-electron chi connectivity index (χ1n) is 8.83. The molecule has 0 spiro atoms. The van der Waals surface area contributed by atoms with E-state index in [-0.39, 0.29) is 29.8 Å². The molecule has 0 aromatic carbocycles. The summed E-state index contributed by atoms with van der Waals surface area (Å²) < 4.78 is 0. The van der Waals surface area contributed by atoms with Crippen LogP contribution in [0.2, 0.25) is 0 Å². The Balaban J connectivity index is 2.41. The SMILES string of the molecule is CC(C)[C@]1(O)C(=O)[C@@H]2C=C[C@@]1(C)[C@]1(C)C2=CCC(=O)[C@@]1(O)C(C)C. The highest BCUT2D eigenvalue weighted by Gasteiger charge is 2.77. The van der Waals surface area contributed by atoms with E-state index in [1.165, 1.54) is 0 Å². The number of carbonyl (C=O) groups is 2. The highest BCUT2D eigenvalue weighted by molar-refractivity contribution is 6.01. The Kier molecular flexibility index (Phi) is 3.42. The molecule has 4 heteroatoms. The molecule has 4 aliphatic carbocycles. The lowest BCUT2D eigenvalue weighted by Crippen LogP contribution is -2.77. The van der Waals surface area contributed by atoms with Crippen LogP contribution in [0.5, 0.6) is 0 Å². The van der Waals surface area contributed by atoms with Gasteiger partial charge in [-0.2, -0.15) is 0 Å². The Morgan fingerprint density at radius 1 is 1.04 bits per heavy atom. The predicted molar refractivity (Wildman–Crippen MR) is 91.1 cm³/mol. The molecule has 0 heterocycles. The van der Waals surface area contributed by atoms with E-state index < -0.39 is 27.9 Å². The van der Waals surface area contributed by atoms with Crippen molar-refractivity contribution in [3.63, 3.8) is 0 Å². The Morgan fingerprint density at radius 2 is 1.58 bits per heavy atom. The summed E-state index contributed by atoms with van der Waals surface area (Å²) in [6.07, 6.45) is 5.64. The molecule has 0 saturated heterocycles. The smallest absolute Gasteiger partial charge is 0.176 e. The fourth-order valence-corrected chi connectivity index (χ4v) is 5.77. The monoisotopic (exact) mass is 332 g/mol. The maximum atomic E-state index is 13.1. The zero-order chi connectivity index (χ0) is 18.3. The van der Waals surface area contributed by atoms with Gasteiger partial charge in [-0.25, -0.2) is 0 Å². The Bertz CT molecular complexity index is 688. The van der Waals surface area contributed by atoms with Crippen LogP contribution in [0.25, 0.3) is 0 Å². The van der Waals surface area contributed by atoms with Crippen LogP contribution in [-0.2, 0) is 9.59 Å². The minimum absolute atomic E-state index is 0.132. The summed E-state index contributed by atoms with van der Waals surface area (Å²) in [6, 6.07) is 0. The van der Waals surface area contributed by atoms with Crippen molar-refractivity contribution in [1.82, 2.24) is 0 Å². The van der Waals surface area contributed by atoms with Crippen LogP contribution in [0.1, 0.15) is 48.0 Å². The molecule has 4 nitrogen and oxygen atoms in total. The van der Waals surface area contributed by atoms with Crippen LogP contribution in [-0.4, -0.2) is 33.0 Å². The van der Waals surface area contributed by atoms with E-state index in [1.807, 2.05) is 59.8 Å². The number of carbonyl (C=O) groups excluding carboxylic acids is 2. The van der Waals surface area contributed by atoms with Crippen LogP contribution in [0.3, 0.4) is 0 Å². The van der Waals surface area contributed by atoms with Gasteiger partial charge in [-0.05, 0) is 17.4 Å². The van der Waals surface area contributed by atoms with Gasteiger partial charge in [0.1, 0.15) is 11.2 Å². The number of Topliss-reactive ketones (excluding diaryl/α,β-unsaturated/α-hetero) is 2. The van der Waals surface area contributed by atoms with Crippen LogP contribution >= 0.6 is 0 Å². The molecule has 0 aliphatic heterocycles. The maximum absolute atomic E-state index is 13.1. The summed E-state index contributed by atoms with van der Waals surface area (Å²) in [4.78, 5) is 25.9. The van der Waals surface area contributed by atoms with Gasteiger partial charge in [-0.15, -0.1) is 0 Å². The summed E-state index contributed by atoms with van der Waals surface area (Å²) in [7, 11) is 0. The second-order valence-electron chi connectivity index (χ2n) is 8.66. The first kappa shape index (κ1) is 17.6. The van der Waals surface area contributed by atoms with Gasteiger partial charge in [-0.1, -0.05) is 59.8 Å². The fraction of sp³-hybridized carbons (Fsp3) is 0.700. The van der Waals surface area contributed by atoms with Gasteiger partial charge < -0.3 is 10.2 Å². The van der Waals surface area contributed by atoms with Gasteiger partial charge in [-0.3, -0.25) is 9.59 Å². The van der Waals surface area contributed by atoms with Gasteiger partial charge in [0, 0.05) is 17.3 Å². The van der Waals surface area contributed by atoms with Crippen molar-refractivity contribution in [2.75, 3.05) is 0 Å². The van der Waals surface area contributed by atoms with Crippen molar-refractivity contribution in [3.05, 3.63) is 23.8 Å². The normalized spacial score (nSPS) is 47.4. The summed E-state index contributed by atoms with van der Waals surface area (Å²) in [6.45, 7) is 11.0. The maximum Gasteiger partial charge on any atom is 0.176 e. The topological polar surface area (TPSA) is 74.6 Å². The first-order valence-corrected chi connectivity index (χ1v) is 8.83. The summed E-state index contributed by atoms with van der Waals surface area (Å²) >= 11 is 0. The van der Waals surface area contributed by atoms with Gasteiger partial charge in [0.05, 0.1) is 5.92 Å². The van der Waals surface area contributed by atoms with E-state index in [4.69, 9.17) is 0 Å². The van der Waals surface area contributed by atoms with E-state index in [0.29, 0.717) is 0 Å². The quantitative estimate of drug-likeness (QED) is 0.762. The molecule has 0 amide bonds. The summed E-state index contributed by atoms with van der Waals surface area (Å²) in [5, 5.41) is 23.1. The van der Waals surface area contributed by atoms with Crippen molar-refractivity contribution < 1.29 is 19.8 Å². The minimum Gasteiger partial charge on any atom is -0.381 e. The second-order valence-corrected chi connectivity index (χ2v) is 8.66. The lowest BCUT2D eigenvalue weighted by atomic mass is 9.35. The van der Waals surface area contributed by atoms with Gasteiger partial charge in [0.15, 0.2) is 11.6 Å². The number of allylic oxidation sites excluding steroid dienone is 2. The first-order chi connectivity index (χ1) is 10.9. The number of ketones is 2. The molecule has 5 atom stereocenters. The second kappa shape index (κ2) is 4.67. The largest absolute Gasteiger partial charge is 0.381 e. The van der Waals surface area contributed by atoms with Crippen molar-refractivity contribution >= 4 is 11.6 Å². The average Bonchev–Trinajstić information content (AvgIpc) is 2.50. The van der Waals surface area contributed by atoms with Gasteiger partial charge in [0.2, 0.25) is 0 Å². The molecule has 1 saturated carbocycles. The third kappa shape index (κ3) is 1.45. The molecule has 4 rings (SSSR count). The number of aliphatic hydroxyl groups is 2. The van der Waals surface area contributed by atoms with Gasteiger partial charge >= 0.3 is 0 Å². The number of fused-ring (bicyclic) bond motifs is 1. The van der Waals surface area contributed by atoms with E-state index in [2.05, 4.69) is 0 Å². The Morgan fingerprint density at radius 3 is 2.08 bits per heavy atom. The zero-order valence-electron chi connectivity index (χ0n) is 15.4. The number of hydrogen-bond acceptors (Lipinski definition) is 4. The molecule has 0 unspecified atom stereocenters. The molecule has 2 N–H and O–H groups in total. The van der Waals surface area contributed by atoms with Crippen LogP contribution in [0.4, 0.5) is 0 Å². The molecular formula is C20H28O4.